The first-order valence-electron chi connectivity index (χ1n) is 5.80. The van der Waals surface area contributed by atoms with Crippen LogP contribution in [-0.4, -0.2) is 15.0 Å². The van der Waals surface area contributed by atoms with E-state index in [-0.39, 0.29) is 5.56 Å². The van der Waals surface area contributed by atoms with Crippen LogP contribution in [0.1, 0.15) is 5.56 Å². The van der Waals surface area contributed by atoms with Crippen molar-refractivity contribution in [3.8, 4) is 22.8 Å². The molecule has 2 heterocycles. The molecule has 0 aliphatic heterocycles. The van der Waals surface area contributed by atoms with Gasteiger partial charge in [-0.15, -0.1) is 11.3 Å². The molecular weight excluding hydrogens is 258 g/mol. The van der Waals surface area contributed by atoms with E-state index in [0.717, 1.165) is 5.56 Å². The van der Waals surface area contributed by atoms with E-state index in [1.54, 1.807) is 12.4 Å². The first-order chi connectivity index (χ1) is 9.25. The van der Waals surface area contributed by atoms with Crippen LogP contribution in [0.4, 0.5) is 0 Å². The van der Waals surface area contributed by atoms with E-state index in [2.05, 4.69) is 15.0 Å². The number of hydrogen-bond donors (Lipinski definition) is 1. The van der Waals surface area contributed by atoms with Gasteiger partial charge in [-0.3, -0.25) is 4.79 Å². The Hall–Kier alpha value is -2.27. The van der Waals surface area contributed by atoms with Crippen LogP contribution in [0.3, 0.4) is 0 Å². The zero-order valence-electron chi connectivity index (χ0n) is 10.3. The van der Waals surface area contributed by atoms with Crippen LogP contribution in [0.2, 0.25) is 0 Å². The highest BCUT2D eigenvalue weighted by Gasteiger charge is 2.11. The Kier molecular flexibility index (Phi) is 2.97. The van der Waals surface area contributed by atoms with Crippen LogP contribution >= 0.6 is 11.3 Å². The second-order valence-electron chi connectivity index (χ2n) is 4.13. The molecule has 0 spiro atoms. The second-order valence-corrected chi connectivity index (χ2v) is 4.85. The monoisotopic (exact) mass is 269 g/mol. The van der Waals surface area contributed by atoms with Crippen molar-refractivity contribution >= 4 is 11.3 Å². The van der Waals surface area contributed by atoms with Crippen molar-refractivity contribution < 1.29 is 0 Å². The summed E-state index contributed by atoms with van der Waals surface area (Å²) in [5.74, 6) is 0.510. The van der Waals surface area contributed by atoms with Gasteiger partial charge in [-0.1, -0.05) is 30.3 Å². The number of aromatic nitrogens is 3. The highest BCUT2D eigenvalue weighted by atomic mass is 32.1. The van der Waals surface area contributed by atoms with Gasteiger partial charge in [-0.2, -0.15) is 0 Å². The van der Waals surface area contributed by atoms with Gasteiger partial charge in [0, 0.05) is 16.5 Å². The Morgan fingerprint density at radius 3 is 2.68 bits per heavy atom. The highest BCUT2D eigenvalue weighted by Crippen LogP contribution is 2.21. The van der Waals surface area contributed by atoms with Crippen molar-refractivity contribution in [2.75, 3.05) is 0 Å². The zero-order valence-corrected chi connectivity index (χ0v) is 11.1. The van der Waals surface area contributed by atoms with Crippen molar-refractivity contribution in [3.63, 3.8) is 0 Å². The molecule has 19 heavy (non-hydrogen) atoms. The molecule has 5 heteroatoms. The van der Waals surface area contributed by atoms with E-state index >= 15 is 0 Å². The molecule has 0 fully saturated rings. The number of rotatable bonds is 2. The molecule has 0 aliphatic carbocycles. The van der Waals surface area contributed by atoms with Gasteiger partial charge < -0.3 is 4.98 Å². The third-order valence-corrected chi connectivity index (χ3v) is 3.46. The molecule has 94 valence electrons. The molecule has 1 aromatic carbocycles. The molecule has 1 N–H and O–H groups in total. The lowest BCUT2D eigenvalue weighted by molar-refractivity contribution is 1.08. The number of nitrogens with zero attached hydrogens (tertiary/aromatic N) is 2. The minimum atomic E-state index is -0.128. The van der Waals surface area contributed by atoms with Crippen LogP contribution in [0.25, 0.3) is 22.8 Å². The lowest BCUT2D eigenvalue weighted by Crippen LogP contribution is -2.14. The van der Waals surface area contributed by atoms with Crippen LogP contribution < -0.4 is 5.56 Å². The first-order valence-corrected chi connectivity index (χ1v) is 6.75. The van der Waals surface area contributed by atoms with Crippen LogP contribution in [-0.2, 0) is 0 Å². The van der Waals surface area contributed by atoms with Gasteiger partial charge in [-0.05, 0) is 6.92 Å². The fourth-order valence-electron chi connectivity index (χ4n) is 1.86. The van der Waals surface area contributed by atoms with E-state index < -0.39 is 0 Å². The normalized spacial score (nSPS) is 10.6. The summed E-state index contributed by atoms with van der Waals surface area (Å²) < 4.78 is 0. The van der Waals surface area contributed by atoms with Crippen molar-refractivity contribution in [1.82, 2.24) is 15.0 Å². The summed E-state index contributed by atoms with van der Waals surface area (Å²) in [6.45, 7) is 1.78. The third-order valence-electron chi connectivity index (χ3n) is 2.87. The Morgan fingerprint density at radius 1 is 1.21 bits per heavy atom. The SMILES string of the molecule is Cc1c(-c2ccccc2)nc(-c2cscn2)[nH]c1=O. The molecule has 0 radical (unpaired) electrons. The van der Waals surface area contributed by atoms with Gasteiger partial charge in [-0.25, -0.2) is 9.97 Å². The quantitative estimate of drug-likeness (QED) is 0.778. The number of benzene rings is 1. The van der Waals surface area contributed by atoms with E-state index in [0.29, 0.717) is 22.8 Å². The molecule has 0 saturated carbocycles. The topological polar surface area (TPSA) is 58.6 Å². The summed E-state index contributed by atoms with van der Waals surface area (Å²) in [6.07, 6.45) is 0. The predicted octanol–water partition coefficient (Wildman–Crippen LogP) is 2.87. The minimum absolute atomic E-state index is 0.128. The molecular formula is C14H11N3OS. The number of aromatic amines is 1. The summed E-state index contributed by atoms with van der Waals surface area (Å²) in [7, 11) is 0. The average Bonchev–Trinajstić information content (AvgIpc) is 2.97. The number of nitrogens with one attached hydrogen (secondary N) is 1. The van der Waals surface area contributed by atoms with Crippen LogP contribution in [0.15, 0.2) is 46.0 Å². The molecule has 3 aromatic rings. The molecule has 0 unspecified atom stereocenters. The van der Waals surface area contributed by atoms with Gasteiger partial charge in [0.1, 0.15) is 5.69 Å². The Morgan fingerprint density at radius 2 is 2.00 bits per heavy atom. The molecule has 0 aliphatic rings. The lowest BCUT2D eigenvalue weighted by atomic mass is 10.1. The van der Waals surface area contributed by atoms with Gasteiger partial charge >= 0.3 is 0 Å². The summed E-state index contributed by atoms with van der Waals surface area (Å²) in [6, 6.07) is 9.69. The maximum Gasteiger partial charge on any atom is 0.254 e. The minimum Gasteiger partial charge on any atom is -0.305 e. The van der Waals surface area contributed by atoms with Crippen LogP contribution in [0.5, 0.6) is 0 Å². The molecule has 0 atom stereocenters. The summed E-state index contributed by atoms with van der Waals surface area (Å²) >= 11 is 1.47. The zero-order chi connectivity index (χ0) is 13.2. The summed E-state index contributed by atoms with van der Waals surface area (Å²) in [5, 5.41) is 1.86. The van der Waals surface area contributed by atoms with Gasteiger partial charge in [0.15, 0.2) is 5.82 Å². The number of H-pyrrole nitrogens is 1. The van der Waals surface area contributed by atoms with E-state index in [1.807, 2.05) is 35.7 Å². The average molecular weight is 269 g/mol. The summed E-state index contributed by atoms with van der Waals surface area (Å²) in [5.41, 5.74) is 4.54. The molecule has 3 rings (SSSR count). The number of hydrogen-bond acceptors (Lipinski definition) is 4. The Labute approximate surface area is 113 Å². The largest absolute Gasteiger partial charge is 0.305 e. The fourth-order valence-corrected chi connectivity index (χ4v) is 2.40. The molecule has 0 bridgehead atoms. The molecule has 4 nitrogen and oxygen atoms in total. The van der Waals surface area contributed by atoms with E-state index in [1.165, 1.54) is 11.3 Å². The maximum atomic E-state index is 12.0. The Balaban J connectivity index is 2.23. The lowest BCUT2D eigenvalue weighted by Gasteiger charge is -2.06. The van der Waals surface area contributed by atoms with Gasteiger partial charge in [0.25, 0.3) is 5.56 Å². The van der Waals surface area contributed by atoms with Crippen molar-refractivity contribution in [2.45, 2.75) is 6.92 Å². The maximum absolute atomic E-state index is 12.0. The first kappa shape index (κ1) is 11.8. The van der Waals surface area contributed by atoms with Gasteiger partial charge in [0.2, 0.25) is 0 Å². The van der Waals surface area contributed by atoms with Crippen molar-refractivity contribution in [3.05, 3.63) is 57.1 Å². The van der Waals surface area contributed by atoms with Crippen molar-refractivity contribution in [1.29, 1.82) is 0 Å². The second kappa shape index (κ2) is 4.78. The van der Waals surface area contributed by atoms with Crippen LogP contribution in [0, 0.1) is 6.92 Å². The highest BCUT2D eigenvalue weighted by molar-refractivity contribution is 7.07. The van der Waals surface area contributed by atoms with E-state index in [4.69, 9.17) is 0 Å². The smallest absolute Gasteiger partial charge is 0.254 e. The van der Waals surface area contributed by atoms with Gasteiger partial charge in [0.05, 0.1) is 11.2 Å². The Bertz CT molecular complexity index is 748. The van der Waals surface area contributed by atoms with E-state index in [9.17, 15) is 4.79 Å². The predicted molar refractivity (Wildman–Crippen MR) is 76.1 cm³/mol. The molecule has 2 aromatic heterocycles. The number of thiazole rings is 1. The summed E-state index contributed by atoms with van der Waals surface area (Å²) in [4.78, 5) is 23.5. The molecule has 0 saturated heterocycles. The third kappa shape index (κ3) is 2.20. The fraction of sp³-hybridized carbons (Fsp3) is 0.0714. The molecule has 0 amide bonds. The standard InChI is InChI=1S/C14H11N3OS/c1-9-12(10-5-3-2-4-6-10)16-13(17-14(9)18)11-7-19-8-15-11/h2-8H,1H3,(H,16,17,18). The van der Waals surface area contributed by atoms with Crippen molar-refractivity contribution in [2.24, 2.45) is 0 Å².